The van der Waals surface area contributed by atoms with Gasteiger partial charge in [-0.05, 0) is 55.3 Å². The van der Waals surface area contributed by atoms with Crippen molar-refractivity contribution in [1.82, 2.24) is 0 Å². The molecule has 1 aliphatic heterocycles. The number of carbonyl (C=O) groups is 4. The van der Waals surface area contributed by atoms with Gasteiger partial charge in [0.15, 0.2) is 6.61 Å². The van der Waals surface area contributed by atoms with E-state index in [1.807, 2.05) is 0 Å². The number of halogens is 1. The van der Waals surface area contributed by atoms with Gasteiger partial charge in [-0.3, -0.25) is 19.3 Å². The van der Waals surface area contributed by atoms with Gasteiger partial charge >= 0.3 is 5.97 Å². The number of rotatable bonds is 5. The van der Waals surface area contributed by atoms with E-state index in [2.05, 4.69) is 5.32 Å². The molecular formula is C23H21ClN2O5. The average molecular weight is 441 g/mol. The molecule has 0 radical (unpaired) electrons. The quantitative estimate of drug-likeness (QED) is 0.563. The van der Waals surface area contributed by atoms with Gasteiger partial charge in [-0.1, -0.05) is 30.5 Å². The first-order valence-corrected chi connectivity index (χ1v) is 10.5. The zero-order valence-corrected chi connectivity index (χ0v) is 17.4. The van der Waals surface area contributed by atoms with Crippen molar-refractivity contribution < 1.29 is 23.9 Å². The number of ether oxygens (including phenoxy) is 1. The average Bonchev–Trinajstić information content (AvgIpc) is 3.04. The van der Waals surface area contributed by atoms with Crippen molar-refractivity contribution in [2.45, 2.75) is 25.7 Å². The summed E-state index contributed by atoms with van der Waals surface area (Å²) in [5.41, 5.74) is 1.04. The highest BCUT2D eigenvalue weighted by Crippen LogP contribution is 2.40. The van der Waals surface area contributed by atoms with Crippen LogP contribution in [0.15, 0.2) is 48.5 Å². The summed E-state index contributed by atoms with van der Waals surface area (Å²) in [7, 11) is 0. The van der Waals surface area contributed by atoms with E-state index in [9.17, 15) is 19.2 Å². The molecule has 0 spiro atoms. The number of imide groups is 1. The maximum Gasteiger partial charge on any atom is 0.338 e. The highest BCUT2D eigenvalue weighted by Gasteiger charge is 2.48. The highest BCUT2D eigenvalue weighted by atomic mass is 35.5. The Hall–Kier alpha value is -3.19. The molecule has 2 atom stereocenters. The lowest BCUT2D eigenvalue weighted by Crippen LogP contribution is -2.31. The van der Waals surface area contributed by atoms with Gasteiger partial charge in [0.1, 0.15) is 0 Å². The number of benzene rings is 2. The van der Waals surface area contributed by atoms with Crippen LogP contribution in [0.5, 0.6) is 0 Å². The Bertz CT molecular complexity index is 1010. The second-order valence-electron chi connectivity index (χ2n) is 7.69. The molecule has 8 heteroatoms. The Kier molecular flexibility index (Phi) is 6.04. The first-order valence-electron chi connectivity index (χ1n) is 10.1. The summed E-state index contributed by atoms with van der Waals surface area (Å²) in [6, 6.07) is 12.7. The lowest BCUT2D eigenvalue weighted by atomic mass is 9.81. The third-order valence-corrected chi connectivity index (χ3v) is 5.90. The summed E-state index contributed by atoms with van der Waals surface area (Å²) in [6.07, 6.45) is 3.32. The maximum atomic E-state index is 12.8. The topological polar surface area (TPSA) is 92.8 Å². The smallest absolute Gasteiger partial charge is 0.338 e. The fourth-order valence-corrected chi connectivity index (χ4v) is 4.26. The summed E-state index contributed by atoms with van der Waals surface area (Å²) in [4.78, 5) is 51.2. The van der Waals surface area contributed by atoms with E-state index in [0.717, 1.165) is 25.7 Å². The molecule has 2 aliphatic rings. The molecular weight excluding hydrogens is 420 g/mol. The van der Waals surface area contributed by atoms with E-state index in [-0.39, 0.29) is 29.2 Å². The summed E-state index contributed by atoms with van der Waals surface area (Å²) in [5.74, 6) is -2.17. The van der Waals surface area contributed by atoms with Gasteiger partial charge in [0.25, 0.3) is 5.91 Å². The Balaban J connectivity index is 1.40. The van der Waals surface area contributed by atoms with Gasteiger partial charge in [-0.25, -0.2) is 4.79 Å². The van der Waals surface area contributed by atoms with Gasteiger partial charge in [0.05, 0.1) is 23.1 Å². The number of amides is 3. The molecule has 1 N–H and O–H groups in total. The predicted octanol–water partition coefficient (Wildman–Crippen LogP) is 3.82. The SMILES string of the molecule is O=C(COC(=O)c1cccc(N2C(=O)[C@H]3CCCC[C@H]3C2=O)c1)Nc1ccc(Cl)cc1. The highest BCUT2D eigenvalue weighted by molar-refractivity contribution is 6.30. The first-order chi connectivity index (χ1) is 14.9. The van der Waals surface area contributed by atoms with Crippen molar-refractivity contribution in [3.8, 4) is 0 Å². The number of fused-ring (bicyclic) bond motifs is 1. The third-order valence-electron chi connectivity index (χ3n) is 5.64. The van der Waals surface area contributed by atoms with Crippen LogP contribution < -0.4 is 10.2 Å². The molecule has 0 unspecified atom stereocenters. The van der Waals surface area contributed by atoms with Crippen LogP contribution in [0.25, 0.3) is 0 Å². The number of nitrogens with one attached hydrogen (secondary N) is 1. The molecule has 7 nitrogen and oxygen atoms in total. The minimum absolute atomic E-state index is 0.160. The lowest BCUT2D eigenvalue weighted by molar-refractivity contribution is -0.122. The first kappa shape index (κ1) is 21.1. The van der Waals surface area contributed by atoms with Crippen LogP contribution in [0.1, 0.15) is 36.0 Å². The molecule has 31 heavy (non-hydrogen) atoms. The molecule has 1 saturated heterocycles. The monoisotopic (exact) mass is 440 g/mol. The van der Waals surface area contributed by atoms with Gasteiger partial charge in [-0.15, -0.1) is 0 Å². The van der Waals surface area contributed by atoms with Gasteiger partial charge in [0.2, 0.25) is 11.8 Å². The second-order valence-corrected chi connectivity index (χ2v) is 8.13. The normalized spacial score (nSPS) is 20.4. The summed E-state index contributed by atoms with van der Waals surface area (Å²) in [6.45, 7) is -0.475. The summed E-state index contributed by atoms with van der Waals surface area (Å²) >= 11 is 5.80. The molecule has 1 aliphatic carbocycles. The van der Waals surface area contributed by atoms with Crippen molar-refractivity contribution in [3.63, 3.8) is 0 Å². The fraction of sp³-hybridized carbons (Fsp3) is 0.304. The largest absolute Gasteiger partial charge is 0.452 e. The number of esters is 1. The molecule has 2 aromatic rings. The number of anilines is 2. The third kappa shape index (κ3) is 4.46. The fourth-order valence-electron chi connectivity index (χ4n) is 4.13. The van der Waals surface area contributed by atoms with E-state index in [1.165, 1.54) is 17.0 Å². The van der Waals surface area contributed by atoms with Crippen LogP contribution in [-0.2, 0) is 19.1 Å². The summed E-state index contributed by atoms with van der Waals surface area (Å²) in [5, 5.41) is 3.14. The number of nitrogens with zero attached hydrogens (tertiary/aromatic N) is 1. The van der Waals surface area contributed by atoms with Crippen LogP contribution in [-0.4, -0.2) is 30.3 Å². The second kappa shape index (κ2) is 8.89. The van der Waals surface area contributed by atoms with E-state index in [4.69, 9.17) is 16.3 Å². The van der Waals surface area contributed by atoms with Crippen molar-refractivity contribution >= 4 is 46.7 Å². The Morgan fingerprint density at radius 3 is 2.29 bits per heavy atom. The van der Waals surface area contributed by atoms with Gasteiger partial charge in [0, 0.05) is 10.7 Å². The Morgan fingerprint density at radius 1 is 1.00 bits per heavy atom. The van der Waals surface area contributed by atoms with Crippen molar-refractivity contribution in [1.29, 1.82) is 0 Å². The number of hydrogen-bond donors (Lipinski definition) is 1. The zero-order chi connectivity index (χ0) is 22.0. The lowest BCUT2D eigenvalue weighted by Gasteiger charge is -2.19. The van der Waals surface area contributed by atoms with Crippen LogP contribution in [0.4, 0.5) is 11.4 Å². The minimum atomic E-state index is -0.718. The Morgan fingerprint density at radius 2 is 1.65 bits per heavy atom. The Labute approximate surface area is 184 Å². The molecule has 2 fully saturated rings. The number of hydrogen-bond acceptors (Lipinski definition) is 5. The molecule has 160 valence electrons. The molecule has 0 bridgehead atoms. The molecule has 0 aromatic heterocycles. The van der Waals surface area contributed by atoms with Crippen LogP contribution >= 0.6 is 11.6 Å². The van der Waals surface area contributed by atoms with E-state index in [1.54, 1.807) is 36.4 Å². The summed E-state index contributed by atoms with van der Waals surface area (Å²) < 4.78 is 5.09. The van der Waals surface area contributed by atoms with Crippen LogP contribution in [0.2, 0.25) is 5.02 Å². The molecule has 4 rings (SSSR count). The molecule has 1 saturated carbocycles. The van der Waals surface area contributed by atoms with Crippen molar-refractivity contribution in [2.24, 2.45) is 11.8 Å². The van der Waals surface area contributed by atoms with Crippen LogP contribution in [0.3, 0.4) is 0 Å². The van der Waals surface area contributed by atoms with Crippen LogP contribution in [0, 0.1) is 11.8 Å². The molecule has 1 heterocycles. The predicted molar refractivity (Wildman–Crippen MR) is 115 cm³/mol. The van der Waals surface area contributed by atoms with E-state index < -0.39 is 18.5 Å². The van der Waals surface area contributed by atoms with E-state index >= 15 is 0 Å². The van der Waals surface area contributed by atoms with E-state index in [0.29, 0.717) is 16.4 Å². The zero-order valence-electron chi connectivity index (χ0n) is 16.7. The molecule has 2 aromatic carbocycles. The maximum absolute atomic E-state index is 12.8. The van der Waals surface area contributed by atoms with Crippen molar-refractivity contribution in [3.05, 3.63) is 59.1 Å². The standard InChI is InChI=1S/C23H21ClN2O5/c24-15-8-10-16(11-9-15)25-20(27)13-31-23(30)14-4-3-5-17(12-14)26-21(28)18-6-1-2-7-19(18)22(26)29/h3-5,8-12,18-19H,1-2,6-7,13H2,(H,25,27)/t18-,19+. The minimum Gasteiger partial charge on any atom is -0.452 e. The van der Waals surface area contributed by atoms with Gasteiger partial charge in [-0.2, -0.15) is 0 Å². The number of carbonyl (C=O) groups excluding carboxylic acids is 4. The van der Waals surface area contributed by atoms with Gasteiger partial charge < -0.3 is 10.1 Å². The van der Waals surface area contributed by atoms with Crippen molar-refractivity contribution in [2.75, 3.05) is 16.8 Å². The molecule has 3 amide bonds.